The number of benzene rings is 1. The number of aromatic nitrogens is 2. The van der Waals surface area contributed by atoms with Gasteiger partial charge in [-0.2, -0.15) is 0 Å². The van der Waals surface area contributed by atoms with E-state index >= 15 is 0 Å². The maximum Gasteiger partial charge on any atom is 0.407 e. The van der Waals surface area contributed by atoms with Crippen LogP contribution in [0.4, 0.5) is 10.6 Å². The van der Waals surface area contributed by atoms with Gasteiger partial charge in [-0.3, -0.25) is 4.90 Å². The molecule has 0 aliphatic carbocycles. The molecule has 3 heterocycles. The minimum atomic E-state index is -0.870. The van der Waals surface area contributed by atoms with Crippen molar-refractivity contribution >= 4 is 23.5 Å². The Morgan fingerprint density at radius 2 is 2.00 bits per heavy atom. The van der Waals surface area contributed by atoms with Gasteiger partial charge in [0.15, 0.2) is 0 Å². The lowest BCUT2D eigenvalue weighted by molar-refractivity contribution is 0.136. The molecule has 1 N–H and O–H groups in total. The van der Waals surface area contributed by atoms with E-state index in [4.69, 9.17) is 11.6 Å². The molecule has 1 saturated heterocycles. The monoisotopic (exact) mass is 401 g/mol. The Balaban J connectivity index is 1.55. The number of rotatable bonds is 3. The Hall–Kier alpha value is -2.38. The number of hydrogen-bond acceptors (Lipinski definition) is 5. The summed E-state index contributed by atoms with van der Waals surface area (Å²) >= 11 is 6.26. The fourth-order valence-electron chi connectivity index (χ4n) is 4.10. The van der Waals surface area contributed by atoms with Gasteiger partial charge in [0, 0.05) is 50.9 Å². The van der Waals surface area contributed by atoms with Crippen molar-refractivity contribution in [1.29, 1.82) is 0 Å². The van der Waals surface area contributed by atoms with Crippen LogP contribution in [0, 0.1) is 0 Å². The van der Waals surface area contributed by atoms with Crippen molar-refractivity contribution in [3.8, 4) is 0 Å². The summed E-state index contributed by atoms with van der Waals surface area (Å²) in [6.45, 7) is 6.13. The van der Waals surface area contributed by atoms with Gasteiger partial charge in [0.2, 0.25) is 5.28 Å². The standard InChI is InChI=1S/C20H24ClN5O2/c1-14-11-25(20(27)28)9-10-26(14)18-16-7-8-24(12-15-5-3-2-4-6-15)13-17(16)22-19(21)23-18/h2-6,14H,7-13H2,1H3,(H,27,28)/t14-/m1/s1. The van der Waals surface area contributed by atoms with Gasteiger partial charge in [0.05, 0.1) is 5.69 Å². The first-order valence-electron chi connectivity index (χ1n) is 9.57. The van der Waals surface area contributed by atoms with Crippen molar-refractivity contribution in [3.05, 3.63) is 52.4 Å². The Labute approximate surface area is 169 Å². The first kappa shape index (κ1) is 19.0. The van der Waals surface area contributed by atoms with Crippen LogP contribution in [-0.4, -0.2) is 63.2 Å². The molecule has 0 radical (unpaired) electrons. The van der Waals surface area contributed by atoms with E-state index in [9.17, 15) is 9.90 Å². The molecule has 1 amide bonds. The first-order chi connectivity index (χ1) is 13.5. The van der Waals surface area contributed by atoms with E-state index in [2.05, 4.69) is 44.0 Å². The molecule has 0 saturated carbocycles. The summed E-state index contributed by atoms with van der Waals surface area (Å²) in [5.41, 5.74) is 3.40. The van der Waals surface area contributed by atoms with Crippen LogP contribution in [0.1, 0.15) is 23.7 Å². The average Bonchev–Trinajstić information content (AvgIpc) is 2.68. The van der Waals surface area contributed by atoms with Crippen molar-refractivity contribution < 1.29 is 9.90 Å². The summed E-state index contributed by atoms with van der Waals surface area (Å²) < 4.78 is 0. The number of nitrogens with zero attached hydrogens (tertiary/aromatic N) is 5. The molecular weight excluding hydrogens is 378 g/mol. The van der Waals surface area contributed by atoms with Gasteiger partial charge in [-0.25, -0.2) is 14.8 Å². The number of halogens is 1. The summed E-state index contributed by atoms with van der Waals surface area (Å²) in [5, 5.41) is 9.51. The highest BCUT2D eigenvalue weighted by molar-refractivity contribution is 6.28. The summed E-state index contributed by atoms with van der Waals surface area (Å²) in [4.78, 5) is 26.3. The maximum atomic E-state index is 11.3. The number of hydrogen-bond donors (Lipinski definition) is 1. The SMILES string of the molecule is C[C@@H]1CN(C(=O)O)CCN1c1nc(Cl)nc2c1CCN(Cc1ccccc1)C2. The highest BCUT2D eigenvalue weighted by Gasteiger charge is 2.31. The number of fused-ring (bicyclic) bond motifs is 1. The molecular formula is C20H24ClN5O2. The van der Waals surface area contributed by atoms with Crippen molar-refractivity contribution in [2.75, 3.05) is 31.1 Å². The maximum absolute atomic E-state index is 11.3. The highest BCUT2D eigenvalue weighted by Crippen LogP contribution is 2.30. The smallest absolute Gasteiger partial charge is 0.407 e. The highest BCUT2D eigenvalue weighted by atomic mass is 35.5. The van der Waals surface area contributed by atoms with Gasteiger partial charge >= 0.3 is 6.09 Å². The molecule has 0 spiro atoms. The molecule has 1 aromatic heterocycles. The third-order valence-corrected chi connectivity index (χ3v) is 5.68. The van der Waals surface area contributed by atoms with Crippen LogP contribution in [0.3, 0.4) is 0 Å². The van der Waals surface area contributed by atoms with Crippen LogP contribution in [0.25, 0.3) is 0 Å². The lowest BCUT2D eigenvalue weighted by Gasteiger charge is -2.41. The minimum Gasteiger partial charge on any atom is -0.465 e. The Morgan fingerprint density at radius 1 is 1.21 bits per heavy atom. The molecule has 1 fully saturated rings. The minimum absolute atomic E-state index is 0.0438. The number of carboxylic acid groups (broad SMARTS) is 1. The second-order valence-electron chi connectivity index (χ2n) is 7.46. The van der Waals surface area contributed by atoms with E-state index in [0.29, 0.717) is 19.6 Å². The summed E-state index contributed by atoms with van der Waals surface area (Å²) in [7, 11) is 0. The summed E-state index contributed by atoms with van der Waals surface area (Å²) in [6.07, 6.45) is -0.00799. The lowest BCUT2D eigenvalue weighted by atomic mass is 10.0. The fraction of sp³-hybridized carbons (Fsp3) is 0.450. The van der Waals surface area contributed by atoms with Crippen molar-refractivity contribution in [2.24, 2.45) is 0 Å². The van der Waals surface area contributed by atoms with Crippen LogP contribution < -0.4 is 4.90 Å². The molecule has 7 nitrogen and oxygen atoms in total. The molecule has 0 bridgehead atoms. The molecule has 2 aliphatic heterocycles. The second-order valence-corrected chi connectivity index (χ2v) is 7.80. The molecule has 1 aromatic carbocycles. The average molecular weight is 402 g/mol. The zero-order valence-corrected chi connectivity index (χ0v) is 16.6. The molecule has 148 valence electrons. The van der Waals surface area contributed by atoms with E-state index in [1.54, 1.807) is 0 Å². The van der Waals surface area contributed by atoms with Gasteiger partial charge in [-0.15, -0.1) is 0 Å². The molecule has 2 aromatic rings. The number of piperazine rings is 1. The van der Waals surface area contributed by atoms with Gasteiger partial charge in [-0.1, -0.05) is 30.3 Å². The van der Waals surface area contributed by atoms with Crippen LogP contribution in [0.5, 0.6) is 0 Å². The molecule has 4 rings (SSSR count). The summed E-state index contributed by atoms with van der Waals surface area (Å²) in [5.74, 6) is 0.867. The molecule has 0 unspecified atom stereocenters. The van der Waals surface area contributed by atoms with Gasteiger partial charge in [-0.05, 0) is 30.5 Å². The molecule has 1 atom stereocenters. The summed E-state index contributed by atoms with van der Waals surface area (Å²) in [6, 6.07) is 10.5. The number of carbonyl (C=O) groups is 1. The fourth-order valence-corrected chi connectivity index (χ4v) is 4.28. The van der Waals surface area contributed by atoms with Crippen molar-refractivity contribution in [2.45, 2.75) is 32.5 Å². The molecule has 28 heavy (non-hydrogen) atoms. The van der Waals surface area contributed by atoms with Crippen LogP contribution in [0.15, 0.2) is 30.3 Å². The number of anilines is 1. The zero-order valence-electron chi connectivity index (χ0n) is 15.9. The van der Waals surface area contributed by atoms with Crippen LogP contribution in [0.2, 0.25) is 5.28 Å². The Kier molecular flexibility index (Phi) is 5.37. The van der Waals surface area contributed by atoms with Crippen LogP contribution >= 0.6 is 11.6 Å². The van der Waals surface area contributed by atoms with Crippen molar-refractivity contribution in [3.63, 3.8) is 0 Å². The first-order valence-corrected chi connectivity index (χ1v) is 9.95. The zero-order chi connectivity index (χ0) is 19.7. The van der Waals surface area contributed by atoms with E-state index in [-0.39, 0.29) is 11.3 Å². The van der Waals surface area contributed by atoms with E-state index in [1.165, 1.54) is 10.5 Å². The van der Waals surface area contributed by atoms with Gasteiger partial charge in [0.1, 0.15) is 5.82 Å². The topological polar surface area (TPSA) is 72.8 Å². The largest absolute Gasteiger partial charge is 0.465 e. The quantitative estimate of drug-likeness (QED) is 0.797. The second kappa shape index (κ2) is 7.93. The Bertz CT molecular complexity index is 863. The van der Waals surface area contributed by atoms with Crippen molar-refractivity contribution in [1.82, 2.24) is 19.8 Å². The van der Waals surface area contributed by atoms with Crippen LogP contribution in [-0.2, 0) is 19.5 Å². The third-order valence-electron chi connectivity index (χ3n) is 5.51. The lowest BCUT2D eigenvalue weighted by Crippen LogP contribution is -2.54. The predicted molar refractivity (Wildman–Crippen MR) is 108 cm³/mol. The third kappa shape index (κ3) is 3.91. The molecule has 2 aliphatic rings. The van der Waals surface area contributed by atoms with Gasteiger partial charge < -0.3 is 14.9 Å². The van der Waals surface area contributed by atoms with E-state index in [0.717, 1.165) is 43.1 Å². The predicted octanol–water partition coefficient (Wildman–Crippen LogP) is 2.88. The number of amides is 1. The van der Waals surface area contributed by atoms with E-state index < -0.39 is 6.09 Å². The van der Waals surface area contributed by atoms with E-state index in [1.807, 2.05) is 13.0 Å². The van der Waals surface area contributed by atoms with Gasteiger partial charge in [0.25, 0.3) is 0 Å². The molecule has 8 heteroatoms. The Morgan fingerprint density at radius 3 is 2.71 bits per heavy atom. The normalized spacial score (nSPS) is 20.1.